The van der Waals surface area contributed by atoms with Crippen molar-refractivity contribution in [3.8, 4) is 5.75 Å². The van der Waals surface area contributed by atoms with Crippen LogP contribution in [0.5, 0.6) is 5.75 Å². The second-order valence-corrected chi connectivity index (χ2v) is 8.74. The number of carbonyl (C=O) groups is 2. The molecule has 4 rings (SSSR count). The first-order chi connectivity index (χ1) is 14.7. The molecule has 30 heavy (non-hydrogen) atoms. The fourth-order valence-electron chi connectivity index (χ4n) is 3.98. The highest BCUT2D eigenvalue weighted by Crippen LogP contribution is 2.39. The van der Waals surface area contributed by atoms with E-state index < -0.39 is 6.10 Å². The number of benzene rings is 1. The number of thiophene rings is 1. The molecule has 6 nitrogen and oxygen atoms in total. The predicted octanol–water partition coefficient (Wildman–Crippen LogP) is 3.90. The maximum Gasteiger partial charge on any atom is 0.266 e. The summed E-state index contributed by atoms with van der Waals surface area (Å²) in [6.45, 7) is 4.22. The molecule has 0 saturated carbocycles. The number of fused-ring (bicyclic) bond motifs is 1. The standard InChI is InChI=1S/C23H28N2O4S/c1-2-18(29-16-8-4-3-5-9-16)21(26)24-22-20(17-10-6-7-11-19(17)30-22)23(27)25-12-14-28-15-13-25/h3-5,8-9,18H,2,6-7,10-15H2,1H3,(H,24,26)/t18-/m1/s1. The quantitative estimate of drug-likeness (QED) is 0.758. The number of nitrogens with zero attached hydrogens (tertiary/aromatic N) is 1. The van der Waals surface area contributed by atoms with Gasteiger partial charge in [-0.1, -0.05) is 25.1 Å². The average Bonchev–Trinajstić information content (AvgIpc) is 3.15. The Morgan fingerprint density at radius 1 is 1.17 bits per heavy atom. The van der Waals surface area contributed by atoms with Crippen molar-refractivity contribution in [3.63, 3.8) is 0 Å². The van der Waals surface area contributed by atoms with Crippen LogP contribution in [0.2, 0.25) is 0 Å². The van der Waals surface area contributed by atoms with Crippen molar-refractivity contribution in [1.82, 2.24) is 4.90 Å². The van der Waals surface area contributed by atoms with Gasteiger partial charge in [0.05, 0.1) is 18.8 Å². The van der Waals surface area contributed by atoms with Gasteiger partial charge in [-0.2, -0.15) is 0 Å². The van der Waals surface area contributed by atoms with Crippen molar-refractivity contribution in [2.45, 2.75) is 45.1 Å². The van der Waals surface area contributed by atoms with E-state index in [-0.39, 0.29) is 11.8 Å². The summed E-state index contributed by atoms with van der Waals surface area (Å²) >= 11 is 1.55. The van der Waals surface area contributed by atoms with E-state index in [1.165, 1.54) is 4.88 Å². The number of carbonyl (C=O) groups excluding carboxylic acids is 2. The number of nitrogens with one attached hydrogen (secondary N) is 1. The molecule has 1 aliphatic carbocycles. The Labute approximate surface area is 181 Å². The summed E-state index contributed by atoms with van der Waals surface area (Å²) in [6.07, 6.45) is 3.99. The Bertz CT molecular complexity index is 890. The largest absolute Gasteiger partial charge is 0.481 e. The topological polar surface area (TPSA) is 67.9 Å². The number of para-hydroxylation sites is 1. The number of aryl methyl sites for hydroxylation is 1. The Morgan fingerprint density at radius 2 is 1.90 bits per heavy atom. The lowest BCUT2D eigenvalue weighted by atomic mass is 9.95. The van der Waals surface area contributed by atoms with Gasteiger partial charge in [0, 0.05) is 18.0 Å². The number of rotatable bonds is 6. The molecular weight excluding hydrogens is 400 g/mol. The normalized spacial score (nSPS) is 17.2. The summed E-state index contributed by atoms with van der Waals surface area (Å²) in [7, 11) is 0. The van der Waals surface area contributed by atoms with Gasteiger partial charge in [-0.05, 0) is 49.8 Å². The van der Waals surface area contributed by atoms with Crippen LogP contribution in [0.15, 0.2) is 30.3 Å². The summed E-state index contributed by atoms with van der Waals surface area (Å²) in [5, 5.41) is 3.70. The SMILES string of the molecule is CC[C@@H](Oc1ccccc1)C(=O)Nc1sc2c(c1C(=O)N1CCOCC1)CCCC2. The summed E-state index contributed by atoms with van der Waals surface area (Å²) in [6, 6.07) is 9.35. The molecule has 1 saturated heterocycles. The van der Waals surface area contributed by atoms with E-state index in [9.17, 15) is 9.59 Å². The third-order valence-corrected chi connectivity index (χ3v) is 6.81. The molecule has 7 heteroatoms. The van der Waals surface area contributed by atoms with Gasteiger partial charge < -0.3 is 19.7 Å². The maximum absolute atomic E-state index is 13.4. The molecule has 0 spiro atoms. The molecular formula is C23H28N2O4S. The molecule has 0 unspecified atom stereocenters. The Kier molecular flexibility index (Phi) is 6.69. The van der Waals surface area contributed by atoms with E-state index in [0.29, 0.717) is 49.0 Å². The fraction of sp³-hybridized carbons (Fsp3) is 0.478. The Balaban J connectivity index is 1.57. The van der Waals surface area contributed by atoms with E-state index in [1.807, 2.05) is 42.2 Å². The van der Waals surface area contributed by atoms with Gasteiger partial charge in [0.15, 0.2) is 6.10 Å². The summed E-state index contributed by atoms with van der Waals surface area (Å²) < 4.78 is 11.3. The van der Waals surface area contributed by atoms with E-state index in [0.717, 1.165) is 31.2 Å². The second kappa shape index (κ2) is 9.62. The molecule has 2 aromatic rings. The lowest BCUT2D eigenvalue weighted by molar-refractivity contribution is -0.122. The molecule has 1 aromatic heterocycles. The molecule has 0 bridgehead atoms. The number of hydrogen-bond donors (Lipinski definition) is 1. The minimum Gasteiger partial charge on any atom is -0.481 e. The summed E-state index contributed by atoms with van der Waals surface area (Å²) in [4.78, 5) is 29.5. The number of amides is 2. The summed E-state index contributed by atoms with van der Waals surface area (Å²) in [5.41, 5.74) is 1.80. The molecule has 1 N–H and O–H groups in total. The van der Waals surface area contributed by atoms with Crippen molar-refractivity contribution < 1.29 is 19.1 Å². The van der Waals surface area contributed by atoms with Crippen LogP contribution in [0, 0.1) is 0 Å². The average molecular weight is 429 g/mol. The van der Waals surface area contributed by atoms with Crippen molar-refractivity contribution in [2.24, 2.45) is 0 Å². The predicted molar refractivity (Wildman–Crippen MR) is 117 cm³/mol. The molecule has 0 radical (unpaired) electrons. The molecule has 2 heterocycles. The minimum absolute atomic E-state index is 0.00465. The molecule has 1 fully saturated rings. The van der Waals surface area contributed by atoms with Gasteiger partial charge >= 0.3 is 0 Å². The van der Waals surface area contributed by atoms with Crippen molar-refractivity contribution in [3.05, 3.63) is 46.3 Å². The Hall–Kier alpha value is -2.38. The molecule has 1 aromatic carbocycles. The van der Waals surface area contributed by atoms with E-state index >= 15 is 0 Å². The third-order valence-electron chi connectivity index (χ3n) is 5.60. The van der Waals surface area contributed by atoms with Crippen LogP contribution in [0.4, 0.5) is 5.00 Å². The first-order valence-corrected chi connectivity index (χ1v) is 11.5. The molecule has 2 amide bonds. The lowest BCUT2D eigenvalue weighted by Crippen LogP contribution is -2.41. The van der Waals surface area contributed by atoms with E-state index in [2.05, 4.69) is 5.32 Å². The van der Waals surface area contributed by atoms with Gasteiger partial charge in [-0.25, -0.2) is 0 Å². The number of hydrogen-bond acceptors (Lipinski definition) is 5. The maximum atomic E-state index is 13.4. The first kappa shape index (κ1) is 20.9. The highest BCUT2D eigenvalue weighted by atomic mass is 32.1. The zero-order chi connectivity index (χ0) is 20.9. The molecule has 1 atom stereocenters. The highest BCUT2D eigenvalue weighted by molar-refractivity contribution is 7.17. The lowest BCUT2D eigenvalue weighted by Gasteiger charge is -2.28. The highest BCUT2D eigenvalue weighted by Gasteiger charge is 2.31. The van der Waals surface area contributed by atoms with Gasteiger partial charge in [-0.3, -0.25) is 9.59 Å². The van der Waals surface area contributed by atoms with Crippen molar-refractivity contribution in [2.75, 3.05) is 31.6 Å². The van der Waals surface area contributed by atoms with Crippen LogP contribution in [0.1, 0.15) is 47.0 Å². The van der Waals surface area contributed by atoms with Gasteiger partial charge in [0.2, 0.25) is 0 Å². The van der Waals surface area contributed by atoms with Crippen LogP contribution in [0.25, 0.3) is 0 Å². The van der Waals surface area contributed by atoms with Crippen molar-refractivity contribution >= 4 is 28.2 Å². The van der Waals surface area contributed by atoms with Gasteiger partial charge in [-0.15, -0.1) is 11.3 Å². The van der Waals surface area contributed by atoms with Crippen LogP contribution in [-0.4, -0.2) is 49.1 Å². The van der Waals surface area contributed by atoms with Crippen LogP contribution in [-0.2, 0) is 22.4 Å². The van der Waals surface area contributed by atoms with Gasteiger partial charge in [0.1, 0.15) is 10.8 Å². The molecule has 160 valence electrons. The third kappa shape index (κ3) is 4.52. The summed E-state index contributed by atoms with van der Waals surface area (Å²) in [5.74, 6) is 0.454. The second-order valence-electron chi connectivity index (χ2n) is 7.64. The van der Waals surface area contributed by atoms with E-state index in [1.54, 1.807) is 11.3 Å². The Morgan fingerprint density at radius 3 is 2.63 bits per heavy atom. The number of ether oxygens (including phenoxy) is 2. The van der Waals surface area contributed by atoms with Crippen LogP contribution < -0.4 is 10.1 Å². The minimum atomic E-state index is -0.613. The first-order valence-electron chi connectivity index (χ1n) is 10.7. The zero-order valence-electron chi connectivity index (χ0n) is 17.3. The van der Waals surface area contributed by atoms with Crippen LogP contribution >= 0.6 is 11.3 Å². The van der Waals surface area contributed by atoms with Gasteiger partial charge in [0.25, 0.3) is 11.8 Å². The zero-order valence-corrected chi connectivity index (χ0v) is 18.1. The van der Waals surface area contributed by atoms with E-state index in [4.69, 9.17) is 9.47 Å². The number of anilines is 1. The fourth-order valence-corrected chi connectivity index (χ4v) is 5.27. The van der Waals surface area contributed by atoms with Crippen molar-refractivity contribution in [1.29, 1.82) is 0 Å². The monoisotopic (exact) mass is 428 g/mol. The molecule has 2 aliphatic rings. The van der Waals surface area contributed by atoms with Crippen LogP contribution in [0.3, 0.4) is 0 Å². The molecule has 1 aliphatic heterocycles. The number of morpholine rings is 1. The smallest absolute Gasteiger partial charge is 0.266 e.